The summed E-state index contributed by atoms with van der Waals surface area (Å²) >= 11 is 0. The summed E-state index contributed by atoms with van der Waals surface area (Å²) in [5.74, 6) is 0.698. The van der Waals surface area contributed by atoms with Crippen molar-refractivity contribution < 1.29 is 4.79 Å². The van der Waals surface area contributed by atoms with E-state index >= 15 is 0 Å². The van der Waals surface area contributed by atoms with E-state index < -0.39 is 0 Å². The van der Waals surface area contributed by atoms with Gasteiger partial charge in [-0.1, -0.05) is 27.2 Å². The van der Waals surface area contributed by atoms with Crippen molar-refractivity contribution in [3.8, 4) is 0 Å². The number of nitrogens with zero attached hydrogens (tertiary/aromatic N) is 1. The number of rotatable bonds is 8. The molecule has 0 saturated carbocycles. The van der Waals surface area contributed by atoms with E-state index in [0.717, 1.165) is 26.2 Å². The molecule has 0 spiro atoms. The SMILES string of the molecule is CCCNCC1CCCCN1CC(=O)NCC(C)C. The van der Waals surface area contributed by atoms with Crippen LogP contribution in [0.25, 0.3) is 0 Å². The second-order valence-corrected chi connectivity index (χ2v) is 6.02. The molecule has 0 aromatic heterocycles. The molecule has 112 valence electrons. The van der Waals surface area contributed by atoms with Crippen LogP contribution in [0, 0.1) is 5.92 Å². The molecule has 1 amide bonds. The molecule has 0 aromatic carbocycles. The van der Waals surface area contributed by atoms with Gasteiger partial charge in [-0.05, 0) is 38.3 Å². The van der Waals surface area contributed by atoms with Gasteiger partial charge in [-0.25, -0.2) is 0 Å². The van der Waals surface area contributed by atoms with Crippen molar-refractivity contribution in [1.82, 2.24) is 15.5 Å². The summed E-state index contributed by atoms with van der Waals surface area (Å²) in [5.41, 5.74) is 0. The Morgan fingerprint density at radius 2 is 2.16 bits per heavy atom. The van der Waals surface area contributed by atoms with Crippen LogP contribution < -0.4 is 10.6 Å². The second kappa shape index (κ2) is 9.32. The van der Waals surface area contributed by atoms with Crippen LogP contribution in [0.15, 0.2) is 0 Å². The van der Waals surface area contributed by atoms with E-state index in [-0.39, 0.29) is 5.91 Å². The zero-order chi connectivity index (χ0) is 14.1. The van der Waals surface area contributed by atoms with Crippen LogP contribution in [0.2, 0.25) is 0 Å². The third kappa shape index (κ3) is 6.92. The third-order valence-corrected chi connectivity index (χ3v) is 3.61. The second-order valence-electron chi connectivity index (χ2n) is 6.02. The molecule has 1 heterocycles. The van der Waals surface area contributed by atoms with Crippen LogP contribution in [-0.4, -0.2) is 49.6 Å². The van der Waals surface area contributed by atoms with Gasteiger partial charge in [0, 0.05) is 19.1 Å². The molecule has 0 bridgehead atoms. The van der Waals surface area contributed by atoms with Gasteiger partial charge in [0.05, 0.1) is 6.54 Å². The van der Waals surface area contributed by atoms with Crippen LogP contribution in [0.5, 0.6) is 0 Å². The van der Waals surface area contributed by atoms with Gasteiger partial charge in [0.25, 0.3) is 0 Å². The molecule has 0 aromatic rings. The first kappa shape index (κ1) is 16.4. The maximum atomic E-state index is 11.9. The Bertz CT molecular complexity index is 256. The highest BCUT2D eigenvalue weighted by molar-refractivity contribution is 5.78. The normalized spacial score (nSPS) is 20.7. The predicted molar refractivity (Wildman–Crippen MR) is 80.2 cm³/mol. The molecular formula is C15H31N3O. The van der Waals surface area contributed by atoms with E-state index in [4.69, 9.17) is 0 Å². The maximum Gasteiger partial charge on any atom is 0.234 e. The zero-order valence-corrected chi connectivity index (χ0v) is 12.9. The average molecular weight is 269 g/mol. The van der Waals surface area contributed by atoms with Gasteiger partial charge < -0.3 is 10.6 Å². The van der Waals surface area contributed by atoms with Crippen molar-refractivity contribution in [2.45, 2.75) is 52.5 Å². The third-order valence-electron chi connectivity index (χ3n) is 3.61. The summed E-state index contributed by atoms with van der Waals surface area (Å²) in [6, 6.07) is 0.532. The maximum absolute atomic E-state index is 11.9. The van der Waals surface area contributed by atoms with Gasteiger partial charge in [0.15, 0.2) is 0 Å². The average Bonchev–Trinajstić information content (AvgIpc) is 2.39. The lowest BCUT2D eigenvalue weighted by molar-refractivity contribution is -0.123. The fourth-order valence-corrected chi connectivity index (χ4v) is 2.50. The molecule has 19 heavy (non-hydrogen) atoms. The minimum Gasteiger partial charge on any atom is -0.355 e. The first-order valence-electron chi connectivity index (χ1n) is 7.85. The smallest absolute Gasteiger partial charge is 0.234 e. The highest BCUT2D eigenvalue weighted by atomic mass is 16.2. The fraction of sp³-hybridized carbons (Fsp3) is 0.933. The number of likely N-dealkylation sites (tertiary alicyclic amines) is 1. The van der Waals surface area contributed by atoms with Gasteiger partial charge >= 0.3 is 0 Å². The standard InChI is InChI=1S/C15H31N3O/c1-4-8-16-11-14-7-5-6-9-18(14)12-15(19)17-10-13(2)3/h13-14,16H,4-12H2,1-3H3,(H,17,19). The summed E-state index contributed by atoms with van der Waals surface area (Å²) in [5, 5.41) is 6.50. The Balaban J connectivity index is 2.32. The highest BCUT2D eigenvalue weighted by Crippen LogP contribution is 2.15. The van der Waals surface area contributed by atoms with Gasteiger partial charge in [-0.2, -0.15) is 0 Å². The molecule has 4 nitrogen and oxygen atoms in total. The van der Waals surface area contributed by atoms with Crippen molar-refractivity contribution in [2.24, 2.45) is 5.92 Å². The topological polar surface area (TPSA) is 44.4 Å². The van der Waals surface area contributed by atoms with E-state index in [2.05, 4.69) is 36.3 Å². The highest BCUT2D eigenvalue weighted by Gasteiger charge is 2.23. The van der Waals surface area contributed by atoms with Gasteiger partial charge in [0.1, 0.15) is 0 Å². The van der Waals surface area contributed by atoms with Crippen LogP contribution in [0.3, 0.4) is 0 Å². The summed E-state index contributed by atoms with van der Waals surface area (Å²) in [4.78, 5) is 14.3. The molecule has 1 aliphatic rings. The number of piperidine rings is 1. The van der Waals surface area contributed by atoms with Crippen molar-refractivity contribution >= 4 is 5.91 Å². The summed E-state index contributed by atoms with van der Waals surface area (Å²) in [6.45, 7) is 10.9. The molecule has 1 saturated heterocycles. The lowest BCUT2D eigenvalue weighted by Crippen LogP contribution is -2.49. The predicted octanol–water partition coefficient (Wildman–Crippen LogP) is 1.61. The molecule has 1 unspecified atom stereocenters. The molecule has 1 fully saturated rings. The number of nitrogens with one attached hydrogen (secondary N) is 2. The van der Waals surface area contributed by atoms with Gasteiger partial charge in [-0.3, -0.25) is 9.69 Å². The first-order valence-corrected chi connectivity index (χ1v) is 7.85. The zero-order valence-electron chi connectivity index (χ0n) is 12.9. The van der Waals surface area contributed by atoms with Gasteiger partial charge in [-0.15, -0.1) is 0 Å². The molecule has 1 atom stereocenters. The lowest BCUT2D eigenvalue weighted by Gasteiger charge is -2.35. The number of hydrogen-bond donors (Lipinski definition) is 2. The number of carbonyl (C=O) groups is 1. The van der Waals surface area contributed by atoms with Gasteiger partial charge in [0.2, 0.25) is 5.91 Å². The molecular weight excluding hydrogens is 238 g/mol. The van der Waals surface area contributed by atoms with Crippen molar-refractivity contribution in [3.63, 3.8) is 0 Å². The van der Waals surface area contributed by atoms with Crippen molar-refractivity contribution in [1.29, 1.82) is 0 Å². The monoisotopic (exact) mass is 269 g/mol. The number of amides is 1. The molecule has 1 aliphatic heterocycles. The summed E-state index contributed by atoms with van der Waals surface area (Å²) < 4.78 is 0. The number of carbonyl (C=O) groups excluding carboxylic acids is 1. The number of hydrogen-bond acceptors (Lipinski definition) is 3. The van der Waals surface area contributed by atoms with E-state index in [1.807, 2.05) is 0 Å². The Hall–Kier alpha value is -0.610. The Kier molecular flexibility index (Phi) is 8.07. The lowest BCUT2D eigenvalue weighted by atomic mass is 10.0. The van der Waals surface area contributed by atoms with E-state index in [1.165, 1.54) is 25.7 Å². The van der Waals surface area contributed by atoms with Crippen LogP contribution in [-0.2, 0) is 4.79 Å². The minimum atomic E-state index is 0.177. The minimum absolute atomic E-state index is 0.177. The fourth-order valence-electron chi connectivity index (χ4n) is 2.50. The van der Waals surface area contributed by atoms with Crippen LogP contribution in [0.4, 0.5) is 0 Å². The Labute approximate surface area is 118 Å². The summed E-state index contributed by atoms with van der Waals surface area (Å²) in [6.07, 6.45) is 4.90. The first-order chi connectivity index (χ1) is 9.13. The molecule has 0 aliphatic carbocycles. The van der Waals surface area contributed by atoms with Crippen molar-refractivity contribution in [3.05, 3.63) is 0 Å². The van der Waals surface area contributed by atoms with Crippen LogP contribution in [0.1, 0.15) is 46.5 Å². The Morgan fingerprint density at radius 3 is 2.84 bits per heavy atom. The van der Waals surface area contributed by atoms with Crippen LogP contribution >= 0.6 is 0 Å². The summed E-state index contributed by atoms with van der Waals surface area (Å²) in [7, 11) is 0. The van der Waals surface area contributed by atoms with Crippen molar-refractivity contribution in [2.75, 3.05) is 32.7 Å². The molecule has 0 radical (unpaired) electrons. The quantitative estimate of drug-likeness (QED) is 0.658. The van der Waals surface area contributed by atoms with E-state index in [9.17, 15) is 4.79 Å². The molecule has 2 N–H and O–H groups in total. The largest absolute Gasteiger partial charge is 0.355 e. The van der Waals surface area contributed by atoms with E-state index in [0.29, 0.717) is 18.5 Å². The van der Waals surface area contributed by atoms with E-state index in [1.54, 1.807) is 0 Å². The molecule has 4 heteroatoms. The molecule has 1 rings (SSSR count). The Morgan fingerprint density at radius 1 is 1.37 bits per heavy atom.